The first-order valence-electron chi connectivity index (χ1n) is 5.22. The van der Waals surface area contributed by atoms with Crippen molar-refractivity contribution in [3.8, 4) is 0 Å². The van der Waals surface area contributed by atoms with Crippen LogP contribution >= 0.6 is 0 Å². The zero-order valence-corrected chi connectivity index (χ0v) is 9.69. The molecule has 0 atom stereocenters. The topological polar surface area (TPSA) is 77.9 Å². The van der Waals surface area contributed by atoms with Gasteiger partial charge in [0.2, 0.25) is 0 Å². The normalized spacial score (nSPS) is 17.2. The molecule has 1 rings (SSSR count). The Labute approximate surface area is 93.8 Å². The molecule has 0 unspecified atom stereocenters. The average molecular weight is 228 g/mol. The molecule has 0 aliphatic carbocycles. The fourth-order valence-electron chi connectivity index (χ4n) is 2.00. The molecule has 1 aliphatic heterocycles. The Bertz CT molecular complexity index is 336. The minimum atomic E-state index is -1.40. The highest BCUT2D eigenvalue weighted by atomic mass is 16.4. The van der Waals surface area contributed by atoms with Crippen LogP contribution in [0.25, 0.3) is 0 Å². The Morgan fingerprint density at radius 2 is 1.88 bits per heavy atom. The molecular formula is C10H16N2O4. The van der Waals surface area contributed by atoms with Gasteiger partial charge in [-0.2, -0.15) is 0 Å². The van der Waals surface area contributed by atoms with Gasteiger partial charge < -0.3 is 10.0 Å². The number of carboxylic acid groups (broad SMARTS) is 1. The number of hydrogen-bond donors (Lipinski definition) is 1. The van der Waals surface area contributed by atoms with E-state index in [-0.39, 0.29) is 19.4 Å². The summed E-state index contributed by atoms with van der Waals surface area (Å²) in [6, 6.07) is -0.531. The lowest BCUT2D eigenvalue weighted by Crippen LogP contribution is -2.56. The lowest BCUT2D eigenvalue weighted by molar-refractivity contribution is -0.154. The van der Waals surface area contributed by atoms with Gasteiger partial charge in [0.1, 0.15) is 12.1 Å². The predicted octanol–water partition coefficient (Wildman–Crippen LogP) is 0.524. The van der Waals surface area contributed by atoms with Crippen LogP contribution in [-0.4, -0.2) is 51.9 Å². The minimum Gasteiger partial charge on any atom is -0.479 e. The number of amides is 3. The first kappa shape index (κ1) is 12.5. The summed E-state index contributed by atoms with van der Waals surface area (Å²) in [5.41, 5.74) is -1.40. The summed E-state index contributed by atoms with van der Waals surface area (Å²) >= 11 is 0. The number of urea groups is 1. The van der Waals surface area contributed by atoms with E-state index in [1.165, 1.54) is 11.9 Å². The van der Waals surface area contributed by atoms with Gasteiger partial charge in [-0.3, -0.25) is 4.79 Å². The maximum atomic E-state index is 11.8. The Morgan fingerprint density at radius 3 is 2.12 bits per heavy atom. The van der Waals surface area contributed by atoms with Gasteiger partial charge in [0.05, 0.1) is 0 Å². The van der Waals surface area contributed by atoms with Gasteiger partial charge in [0, 0.05) is 7.05 Å². The molecule has 1 fully saturated rings. The van der Waals surface area contributed by atoms with E-state index in [0.29, 0.717) is 0 Å². The maximum absolute atomic E-state index is 11.8. The second-order valence-corrected chi connectivity index (χ2v) is 3.91. The molecule has 0 radical (unpaired) electrons. The molecule has 0 saturated carbocycles. The van der Waals surface area contributed by atoms with Crippen molar-refractivity contribution in [3.05, 3.63) is 0 Å². The molecular weight excluding hydrogens is 212 g/mol. The monoisotopic (exact) mass is 228 g/mol. The molecule has 0 spiro atoms. The molecule has 1 aliphatic rings. The van der Waals surface area contributed by atoms with E-state index in [0.717, 1.165) is 4.90 Å². The second-order valence-electron chi connectivity index (χ2n) is 3.91. The zero-order chi connectivity index (χ0) is 12.5. The van der Waals surface area contributed by atoms with Crippen LogP contribution in [0.1, 0.15) is 26.7 Å². The highest BCUT2D eigenvalue weighted by Gasteiger charge is 2.51. The average Bonchev–Trinajstić information content (AvgIpc) is 2.47. The van der Waals surface area contributed by atoms with Gasteiger partial charge in [0.25, 0.3) is 5.91 Å². The first-order chi connectivity index (χ1) is 7.40. The van der Waals surface area contributed by atoms with Crippen LogP contribution < -0.4 is 0 Å². The van der Waals surface area contributed by atoms with Crippen molar-refractivity contribution in [1.82, 2.24) is 9.80 Å². The van der Waals surface area contributed by atoms with Crippen LogP contribution in [0.5, 0.6) is 0 Å². The van der Waals surface area contributed by atoms with Crippen molar-refractivity contribution in [2.75, 3.05) is 13.6 Å². The third-order valence-electron chi connectivity index (χ3n) is 3.14. The van der Waals surface area contributed by atoms with E-state index in [1.54, 1.807) is 13.8 Å². The molecule has 6 nitrogen and oxygen atoms in total. The van der Waals surface area contributed by atoms with Gasteiger partial charge >= 0.3 is 12.0 Å². The summed E-state index contributed by atoms with van der Waals surface area (Å²) in [6.07, 6.45) is 0.425. The Balaban J connectivity index is 3.18. The number of nitrogens with zero attached hydrogens (tertiary/aromatic N) is 2. The van der Waals surface area contributed by atoms with Crippen LogP contribution in [0.4, 0.5) is 4.79 Å². The summed E-state index contributed by atoms with van der Waals surface area (Å²) in [5, 5.41) is 9.24. The third kappa shape index (κ3) is 1.54. The van der Waals surface area contributed by atoms with E-state index >= 15 is 0 Å². The van der Waals surface area contributed by atoms with Crippen molar-refractivity contribution in [2.24, 2.45) is 0 Å². The molecule has 1 heterocycles. The van der Waals surface area contributed by atoms with E-state index in [2.05, 4.69) is 0 Å². The summed E-state index contributed by atoms with van der Waals surface area (Å²) in [4.78, 5) is 36.8. The van der Waals surface area contributed by atoms with Crippen LogP contribution in [0, 0.1) is 0 Å². The Morgan fingerprint density at radius 1 is 1.38 bits per heavy atom. The third-order valence-corrected chi connectivity index (χ3v) is 3.14. The molecule has 1 saturated heterocycles. The number of carbonyl (C=O) groups excluding carboxylic acids is 2. The molecule has 6 heteroatoms. The first-order valence-corrected chi connectivity index (χ1v) is 5.22. The molecule has 90 valence electrons. The minimum absolute atomic E-state index is 0.0478. The molecule has 0 aromatic carbocycles. The quantitative estimate of drug-likeness (QED) is 0.712. The molecule has 0 bridgehead atoms. The predicted molar refractivity (Wildman–Crippen MR) is 55.8 cm³/mol. The second kappa shape index (κ2) is 4.11. The molecule has 1 N–H and O–H groups in total. The number of likely N-dealkylation sites (N-methyl/N-ethyl adjacent to an activating group) is 1. The number of imide groups is 1. The van der Waals surface area contributed by atoms with Crippen molar-refractivity contribution >= 4 is 17.9 Å². The molecule has 0 aromatic heterocycles. The number of carboxylic acids is 1. The molecule has 3 amide bonds. The van der Waals surface area contributed by atoms with Crippen molar-refractivity contribution in [3.63, 3.8) is 0 Å². The van der Waals surface area contributed by atoms with Crippen LogP contribution in [-0.2, 0) is 9.59 Å². The summed E-state index contributed by atoms with van der Waals surface area (Å²) in [7, 11) is 1.48. The van der Waals surface area contributed by atoms with E-state index in [4.69, 9.17) is 0 Å². The number of rotatable bonds is 4. The molecule has 0 aromatic rings. The van der Waals surface area contributed by atoms with Gasteiger partial charge in [-0.15, -0.1) is 0 Å². The number of hydrogen-bond acceptors (Lipinski definition) is 3. The summed E-state index contributed by atoms with van der Waals surface area (Å²) < 4.78 is 0. The van der Waals surface area contributed by atoms with E-state index in [1.807, 2.05) is 0 Å². The lowest BCUT2D eigenvalue weighted by Gasteiger charge is -2.34. The fourth-order valence-corrected chi connectivity index (χ4v) is 2.00. The fraction of sp³-hybridized carbons (Fsp3) is 0.700. The van der Waals surface area contributed by atoms with Crippen LogP contribution in [0.2, 0.25) is 0 Å². The highest BCUT2D eigenvalue weighted by molar-refractivity contribution is 6.06. The van der Waals surface area contributed by atoms with Gasteiger partial charge in [-0.25, -0.2) is 14.5 Å². The SMILES string of the molecule is CCC(CC)(C(=O)O)N1C(=O)CN(C)C1=O. The van der Waals surface area contributed by atoms with Crippen molar-refractivity contribution in [2.45, 2.75) is 32.2 Å². The summed E-state index contributed by atoms with van der Waals surface area (Å²) in [5.74, 6) is -1.58. The Kier molecular flexibility index (Phi) is 3.21. The van der Waals surface area contributed by atoms with Gasteiger partial charge in [-0.05, 0) is 12.8 Å². The maximum Gasteiger partial charge on any atom is 0.330 e. The van der Waals surface area contributed by atoms with Crippen molar-refractivity contribution in [1.29, 1.82) is 0 Å². The van der Waals surface area contributed by atoms with Crippen molar-refractivity contribution < 1.29 is 19.5 Å². The van der Waals surface area contributed by atoms with Crippen LogP contribution in [0.3, 0.4) is 0 Å². The smallest absolute Gasteiger partial charge is 0.330 e. The van der Waals surface area contributed by atoms with Crippen LogP contribution in [0.15, 0.2) is 0 Å². The lowest BCUT2D eigenvalue weighted by atomic mass is 9.91. The number of aliphatic carboxylic acids is 1. The standard InChI is InChI=1S/C10H16N2O4/c1-4-10(5-2,8(14)15)12-7(13)6-11(3)9(12)16/h4-6H2,1-3H3,(H,14,15). The summed E-state index contributed by atoms with van der Waals surface area (Å²) in [6.45, 7) is 3.28. The number of carbonyl (C=O) groups is 3. The van der Waals surface area contributed by atoms with Gasteiger partial charge in [-0.1, -0.05) is 13.8 Å². The zero-order valence-electron chi connectivity index (χ0n) is 9.69. The highest BCUT2D eigenvalue weighted by Crippen LogP contribution is 2.28. The van der Waals surface area contributed by atoms with E-state index in [9.17, 15) is 19.5 Å². The van der Waals surface area contributed by atoms with Gasteiger partial charge in [0.15, 0.2) is 0 Å². The molecule has 16 heavy (non-hydrogen) atoms. The Hall–Kier alpha value is -1.59. The van der Waals surface area contributed by atoms with E-state index < -0.39 is 23.4 Å². The largest absolute Gasteiger partial charge is 0.479 e.